The quantitative estimate of drug-likeness (QED) is 0.849. The molecule has 1 saturated carbocycles. The molecule has 0 heterocycles. The first-order valence-electron chi connectivity index (χ1n) is 4.77. The minimum Gasteiger partial charge on any atom is -0.324 e. The molecule has 13 heavy (non-hydrogen) atoms. The Kier molecular flexibility index (Phi) is 2.89. The molecule has 0 amide bonds. The van der Waals surface area contributed by atoms with Gasteiger partial charge in [0.2, 0.25) is 0 Å². The van der Waals surface area contributed by atoms with Gasteiger partial charge in [0.15, 0.2) is 0 Å². The van der Waals surface area contributed by atoms with Crippen molar-refractivity contribution in [1.29, 1.82) is 0 Å². The SMILES string of the molecule is N[C@H](CC1CC1)c1ccc(I)cc1. The minimum atomic E-state index is 0.254. The van der Waals surface area contributed by atoms with Crippen molar-refractivity contribution in [3.63, 3.8) is 0 Å². The molecule has 0 radical (unpaired) electrons. The zero-order valence-corrected chi connectivity index (χ0v) is 9.70. The van der Waals surface area contributed by atoms with E-state index in [0.29, 0.717) is 0 Å². The van der Waals surface area contributed by atoms with Gasteiger partial charge in [0.05, 0.1) is 0 Å². The third kappa shape index (κ3) is 2.68. The zero-order chi connectivity index (χ0) is 9.26. The average molecular weight is 287 g/mol. The average Bonchev–Trinajstić information content (AvgIpc) is 2.89. The highest BCUT2D eigenvalue weighted by Gasteiger charge is 2.24. The molecule has 0 saturated heterocycles. The van der Waals surface area contributed by atoms with E-state index in [1.54, 1.807) is 0 Å². The Hall–Kier alpha value is -0.0900. The van der Waals surface area contributed by atoms with Crippen molar-refractivity contribution in [3.8, 4) is 0 Å². The van der Waals surface area contributed by atoms with Crippen LogP contribution in [-0.4, -0.2) is 0 Å². The van der Waals surface area contributed by atoms with E-state index in [9.17, 15) is 0 Å². The molecule has 2 rings (SSSR count). The Balaban J connectivity index is 2.01. The number of rotatable bonds is 3. The Labute approximate surface area is 92.9 Å². The summed E-state index contributed by atoms with van der Waals surface area (Å²) in [6.07, 6.45) is 3.94. The van der Waals surface area contributed by atoms with Crippen molar-refractivity contribution >= 4 is 22.6 Å². The van der Waals surface area contributed by atoms with Crippen LogP contribution in [0.25, 0.3) is 0 Å². The second-order valence-electron chi connectivity index (χ2n) is 3.84. The molecule has 1 fully saturated rings. The third-order valence-electron chi connectivity index (χ3n) is 2.58. The monoisotopic (exact) mass is 287 g/mol. The molecule has 1 aromatic carbocycles. The summed E-state index contributed by atoms with van der Waals surface area (Å²) in [6, 6.07) is 8.80. The lowest BCUT2D eigenvalue weighted by atomic mass is 10.0. The van der Waals surface area contributed by atoms with Crippen LogP contribution >= 0.6 is 22.6 Å². The second-order valence-corrected chi connectivity index (χ2v) is 5.08. The standard InChI is InChI=1S/C11H14IN/c12-10-5-3-9(4-6-10)11(13)7-8-1-2-8/h3-6,8,11H,1-2,7,13H2/t11-/m1/s1. The molecule has 2 heteroatoms. The van der Waals surface area contributed by atoms with Gasteiger partial charge < -0.3 is 5.73 Å². The van der Waals surface area contributed by atoms with Crippen molar-refractivity contribution in [1.82, 2.24) is 0 Å². The van der Waals surface area contributed by atoms with Crippen molar-refractivity contribution in [3.05, 3.63) is 33.4 Å². The molecule has 0 aliphatic heterocycles. The molecule has 0 unspecified atom stereocenters. The van der Waals surface area contributed by atoms with E-state index >= 15 is 0 Å². The number of benzene rings is 1. The predicted molar refractivity (Wildman–Crippen MR) is 63.4 cm³/mol. The maximum absolute atomic E-state index is 6.08. The van der Waals surface area contributed by atoms with Crippen LogP contribution in [-0.2, 0) is 0 Å². The first-order chi connectivity index (χ1) is 6.25. The molecule has 1 aromatic rings. The van der Waals surface area contributed by atoms with Crippen LogP contribution in [0.1, 0.15) is 30.9 Å². The first kappa shape index (κ1) is 9.46. The molecule has 1 aliphatic carbocycles. The Morgan fingerprint density at radius 2 is 1.92 bits per heavy atom. The van der Waals surface area contributed by atoms with Crippen molar-refractivity contribution in [2.75, 3.05) is 0 Å². The van der Waals surface area contributed by atoms with E-state index in [1.165, 1.54) is 28.4 Å². The molecule has 0 spiro atoms. The minimum absolute atomic E-state index is 0.254. The highest BCUT2D eigenvalue weighted by atomic mass is 127. The van der Waals surface area contributed by atoms with Gasteiger partial charge in [-0.15, -0.1) is 0 Å². The Morgan fingerprint density at radius 1 is 1.31 bits per heavy atom. The summed E-state index contributed by atoms with van der Waals surface area (Å²) in [7, 11) is 0. The summed E-state index contributed by atoms with van der Waals surface area (Å²) in [5, 5.41) is 0. The van der Waals surface area contributed by atoms with Crippen LogP contribution in [0, 0.1) is 9.49 Å². The maximum Gasteiger partial charge on any atom is 0.0297 e. The second kappa shape index (κ2) is 3.96. The first-order valence-corrected chi connectivity index (χ1v) is 5.84. The molecule has 1 atom stereocenters. The van der Waals surface area contributed by atoms with Gasteiger partial charge in [-0.1, -0.05) is 25.0 Å². The van der Waals surface area contributed by atoms with Crippen LogP contribution < -0.4 is 5.73 Å². The van der Waals surface area contributed by atoms with Crippen molar-refractivity contribution in [2.24, 2.45) is 11.7 Å². The number of nitrogens with two attached hydrogens (primary N) is 1. The smallest absolute Gasteiger partial charge is 0.0297 e. The lowest BCUT2D eigenvalue weighted by molar-refractivity contribution is 0.597. The fourth-order valence-electron chi connectivity index (χ4n) is 1.56. The van der Waals surface area contributed by atoms with E-state index in [0.717, 1.165) is 5.92 Å². The van der Waals surface area contributed by atoms with Gasteiger partial charge in [0.25, 0.3) is 0 Å². The fraction of sp³-hybridized carbons (Fsp3) is 0.455. The molecule has 1 aliphatic rings. The number of halogens is 1. The number of hydrogen-bond donors (Lipinski definition) is 1. The predicted octanol–water partition coefficient (Wildman–Crippen LogP) is 3.09. The lowest BCUT2D eigenvalue weighted by Crippen LogP contribution is -2.10. The Bertz CT molecular complexity index is 277. The van der Waals surface area contributed by atoms with Crippen LogP contribution in [0.5, 0.6) is 0 Å². The molecule has 1 nitrogen and oxygen atoms in total. The highest BCUT2D eigenvalue weighted by molar-refractivity contribution is 14.1. The molecule has 70 valence electrons. The highest BCUT2D eigenvalue weighted by Crippen LogP contribution is 2.36. The van der Waals surface area contributed by atoms with Crippen LogP contribution in [0.4, 0.5) is 0 Å². The fourth-order valence-corrected chi connectivity index (χ4v) is 1.92. The van der Waals surface area contributed by atoms with Gasteiger partial charge in [-0.2, -0.15) is 0 Å². The van der Waals surface area contributed by atoms with Crippen LogP contribution in [0.3, 0.4) is 0 Å². The molecular formula is C11H14IN. The summed E-state index contributed by atoms with van der Waals surface area (Å²) in [4.78, 5) is 0. The third-order valence-corrected chi connectivity index (χ3v) is 3.30. The summed E-state index contributed by atoms with van der Waals surface area (Å²) >= 11 is 2.32. The van der Waals surface area contributed by atoms with E-state index in [4.69, 9.17) is 5.73 Å². The summed E-state index contributed by atoms with van der Waals surface area (Å²) in [5.74, 6) is 0.911. The summed E-state index contributed by atoms with van der Waals surface area (Å²) < 4.78 is 1.28. The Morgan fingerprint density at radius 3 is 2.46 bits per heavy atom. The van der Waals surface area contributed by atoms with E-state index in [-0.39, 0.29) is 6.04 Å². The van der Waals surface area contributed by atoms with E-state index in [1.807, 2.05) is 0 Å². The topological polar surface area (TPSA) is 26.0 Å². The van der Waals surface area contributed by atoms with Gasteiger partial charge in [-0.05, 0) is 52.6 Å². The lowest BCUT2D eigenvalue weighted by Gasteiger charge is -2.10. The summed E-state index contributed by atoms with van der Waals surface area (Å²) in [6.45, 7) is 0. The summed E-state index contributed by atoms with van der Waals surface area (Å²) in [5.41, 5.74) is 7.37. The number of hydrogen-bond acceptors (Lipinski definition) is 1. The molecule has 2 N–H and O–H groups in total. The normalized spacial score (nSPS) is 18.6. The molecular weight excluding hydrogens is 273 g/mol. The maximum atomic E-state index is 6.08. The van der Waals surface area contributed by atoms with Crippen molar-refractivity contribution in [2.45, 2.75) is 25.3 Å². The van der Waals surface area contributed by atoms with E-state index < -0.39 is 0 Å². The van der Waals surface area contributed by atoms with Gasteiger partial charge in [0.1, 0.15) is 0 Å². The van der Waals surface area contributed by atoms with E-state index in [2.05, 4.69) is 46.9 Å². The molecule has 0 aromatic heterocycles. The van der Waals surface area contributed by atoms with Gasteiger partial charge >= 0.3 is 0 Å². The van der Waals surface area contributed by atoms with Gasteiger partial charge in [0, 0.05) is 9.61 Å². The zero-order valence-electron chi connectivity index (χ0n) is 7.54. The van der Waals surface area contributed by atoms with Gasteiger partial charge in [-0.3, -0.25) is 0 Å². The van der Waals surface area contributed by atoms with Crippen molar-refractivity contribution < 1.29 is 0 Å². The van der Waals surface area contributed by atoms with Crippen LogP contribution in [0.15, 0.2) is 24.3 Å². The largest absolute Gasteiger partial charge is 0.324 e. The van der Waals surface area contributed by atoms with Gasteiger partial charge in [-0.25, -0.2) is 0 Å². The van der Waals surface area contributed by atoms with Crippen LogP contribution in [0.2, 0.25) is 0 Å². The molecule has 0 bridgehead atoms.